The van der Waals surface area contributed by atoms with E-state index in [2.05, 4.69) is 42.5 Å². The topological polar surface area (TPSA) is 31.6 Å². The molecule has 2 heterocycles. The molecule has 1 aromatic heterocycles. The number of hydrogen-bond acceptors (Lipinski definition) is 3. The van der Waals surface area contributed by atoms with Crippen molar-refractivity contribution in [2.45, 2.75) is 13.3 Å². The van der Waals surface area contributed by atoms with Crippen LogP contribution in [0.5, 0.6) is 11.5 Å². The normalized spacial score (nSPS) is 18.6. The van der Waals surface area contributed by atoms with E-state index >= 15 is 0 Å². The molecule has 2 aromatic rings. The van der Waals surface area contributed by atoms with Gasteiger partial charge in [0.25, 0.3) is 0 Å². The lowest BCUT2D eigenvalue weighted by Gasteiger charge is -2.07. The van der Waals surface area contributed by atoms with Gasteiger partial charge in [-0.15, -0.1) is 0 Å². The lowest BCUT2D eigenvalue weighted by Crippen LogP contribution is -2.19. The summed E-state index contributed by atoms with van der Waals surface area (Å²) in [6.07, 6.45) is 9.51. The Hall–Kier alpha value is -2.42. The van der Waals surface area contributed by atoms with E-state index in [1.165, 1.54) is 5.56 Å². The van der Waals surface area contributed by atoms with Crippen LogP contribution in [0.2, 0.25) is 0 Å². The van der Waals surface area contributed by atoms with Gasteiger partial charge in [0.1, 0.15) is 11.2 Å². The molecule has 0 radical (unpaired) electrons. The van der Waals surface area contributed by atoms with Crippen LogP contribution in [0.15, 0.2) is 40.8 Å². The van der Waals surface area contributed by atoms with E-state index in [9.17, 15) is 0 Å². The van der Waals surface area contributed by atoms with Crippen LogP contribution in [0, 0.1) is 12.8 Å². The zero-order valence-corrected chi connectivity index (χ0v) is 11.8. The largest absolute Gasteiger partial charge is 0.462 e. The van der Waals surface area contributed by atoms with E-state index in [4.69, 9.17) is 13.9 Å². The zero-order valence-electron chi connectivity index (χ0n) is 11.8. The Labute approximate surface area is 122 Å². The average Bonchev–Trinajstić information content (AvgIpc) is 3.01. The van der Waals surface area contributed by atoms with E-state index in [0.29, 0.717) is 12.7 Å². The Kier molecular flexibility index (Phi) is 2.85. The highest BCUT2D eigenvalue weighted by Gasteiger charge is 2.14. The Balaban J connectivity index is 1.64. The van der Waals surface area contributed by atoms with Crippen molar-refractivity contribution in [1.82, 2.24) is 0 Å². The van der Waals surface area contributed by atoms with Crippen molar-refractivity contribution in [2.24, 2.45) is 5.92 Å². The third-order valence-electron chi connectivity index (χ3n) is 3.82. The van der Waals surface area contributed by atoms with Crippen molar-refractivity contribution in [3.8, 4) is 11.5 Å². The molecule has 21 heavy (non-hydrogen) atoms. The molecule has 0 fully saturated rings. The molecular weight excluding hydrogens is 264 g/mol. The maximum Gasteiger partial charge on any atom is 0.231 e. The summed E-state index contributed by atoms with van der Waals surface area (Å²) in [5.41, 5.74) is 2.19. The van der Waals surface area contributed by atoms with Crippen LogP contribution in [0.1, 0.15) is 11.3 Å². The van der Waals surface area contributed by atoms with Crippen LogP contribution in [-0.4, -0.2) is 6.79 Å². The Bertz CT molecular complexity index is 827. The van der Waals surface area contributed by atoms with Crippen molar-refractivity contribution < 1.29 is 13.9 Å². The predicted octanol–water partition coefficient (Wildman–Crippen LogP) is 2.31. The number of hydrogen-bond donors (Lipinski definition) is 0. The molecule has 4 rings (SSSR count). The Morgan fingerprint density at radius 1 is 1.14 bits per heavy atom. The summed E-state index contributed by atoms with van der Waals surface area (Å²) in [6.45, 7) is 2.30. The fraction of sp³-hybridized carbons (Fsp3) is 0.222. The predicted molar refractivity (Wildman–Crippen MR) is 80.5 cm³/mol. The number of fused-ring (bicyclic) bond motifs is 2. The van der Waals surface area contributed by atoms with E-state index in [0.717, 1.165) is 34.3 Å². The summed E-state index contributed by atoms with van der Waals surface area (Å²) in [6, 6.07) is 8.21. The second-order valence-corrected chi connectivity index (χ2v) is 5.45. The quantitative estimate of drug-likeness (QED) is 0.846. The molecular formula is C18H16O3. The van der Waals surface area contributed by atoms with Crippen molar-refractivity contribution >= 4 is 12.2 Å². The van der Waals surface area contributed by atoms with Gasteiger partial charge in [-0.2, -0.15) is 0 Å². The molecule has 0 bridgehead atoms. The van der Waals surface area contributed by atoms with Crippen molar-refractivity contribution in [1.29, 1.82) is 0 Å². The number of ether oxygens (including phenoxy) is 2. The van der Waals surface area contributed by atoms with Gasteiger partial charge >= 0.3 is 0 Å². The van der Waals surface area contributed by atoms with Crippen LogP contribution in [0.25, 0.3) is 12.2 Å². The van der Waals surface area contributed by atoms with Crippen molar-refractivity contribution in [3.63, 3.8) is 0 Å². The molecule has 0 unspecified atom stereocenters. The molecule has 0 spiro atoms. The Morgan fingerprint density at radius 2 is 2.05 bits per heavy atom. The summed E-state index contributed by atoms with van der Waals surface area (Å²) in [4.78, 5) is 0. The first kappa shape index (κ1) is 12.3. The summed E-state index contributed by atoms with van der Waals surface area (Å²) in [5, 5.41) is 1.15. The molecule has 1 atom stereocenters. The van der Waals surface area contributed by atoms with E-state index in [1.54, 1.807) is 0 Å². The number of benzene rings is 1. The van der Waals surface area contributed by atoms with Crippen LogP contribution in [0.4, 0.5) is 0 Å². The van der Waals surface area contributed by atoms with Gasteiger partial charge in [-0.05, 0) is 43.2 Å². The monoisotopic (exact) mass is 280 g/mol. The van der Waals surface area contributed by atoms with Gasteiger partial charge in [0, 0.05) is 11.1 Å². The maximum atomic E-state index is 5.76. The van der Waals surface area contributed by atoms with Gasteiger partial charge in [0.05, 0.1) is 0 Å². The number of rotatable bonds is 2. The molecule has 1 aromatic carbocycles. The standard InChI is InChI=1S/C18H16O3/c1-12-7-15-4-2-3-13(9-17(15)21-12)8-14-5-6-16-18(10-14)20-11-19-16/h2-7,9-10,13H,8,11H2,1H3/t13-/m0/s1. The number of aryl methyl sites for hydroxylation is 1. The summed E-state index contributed by atoms with van der Waals surface area (Å²) in [7, 11) is 0. The minimum atomic E-state index is 0.313. The maximum absolute atomic E-state index is 5.76. The minimum absolute atomic E-state index is 0.313. The van der Waals surface area contributed by atoms with E-state index in [-0.39, 0.29) is 0 Å². The first-order chi connectivity index (χ1) is 10.3. The van der Waals surface area contributed by atoms with E-state index < -0.39 is 0 Å². The lowest BCUT2D eigenvalue weighted by atomic mass is 9.98. The molecule has 106 valence electrons. The minimum Gasteiger partial charge on any atom is -0.462 e. The van der Waals surface area contributed by atoms with Crippen molar-refractivity contribution in [2.75, 3.05) is 6.79 Å². The number of allylic oxidation sites excluding steroid dienone is 2. The van der Waals surface area contributed by atoms with Gasteiger partial charge in [0.2, 0.25) is 6.79 Å². The molecule has 2 aliphatic rings. The SMILES string of the molecule is Cc1cc2c(o1)=C[C@H](Cc1ccc3c(c1)OCO3)C=CC=2. The van der Waals surface area contributed by atoms with Gasteiger partial charge in [-0.3, -0.25) is 0 Å². The van der Waals surface area contributed by atoms with Crippen LogP contribution in [-0.2, 0) is 6.42 Å². The van der Waals surface area contributed by atoms with E-state index in [1.807, 2.05) is 13.0 Å². The van der Waals surface area contributed by atoms with Crippen molar-refractivity contribution in [3.05, 3.63) is 58.4 Å². The van der Waals surface area contributed by atoms with Gasteiger partial charge in [-0.1, -0.05) is 24.3 Å². The smallest absolute Gasteiger partial charge is 0.231 e. The zero-order chi connectivity index (χ0) is 14.2. The Morgan fingerprint density at radius 3 is 3.00 bits per heavy atom. The molecule has 1 aliphatic carbocycles. The molecule has 3 heteroatoms. The molecule has 0 saturated heterocycles. The van der Waals surface area contributed by atoms with Gasteiger partial charge < -0.3 is 13.9 Å². The molecule has 0 N–H and O–H groups in total. The highest BCUT2D eigenvalue weighted by Crippen LogP contribution is 2.33. The highest BCUT2D eigenvalue weighted by molar-refractivity contribution is 5.47. The second kappa shape index (κ2) is 4.85. The van der Waals surface area contributed by atoms with Gasteiger partial charge in [0.15, 0.2) is 11.5 Å². The third-order valence-corrected chi connectivity index (χ3v) is 3.82. The second-order valence-electron chi connectivity index (χ2n) is 5.45. The highest BCUT2D eigenvalue weighted by atomic mass is 16.7. The number of furan rings is 1. The summed E-state index contributed by atoms with van der Waals surface area (Å²) in [5.74, 6) is 2.93. The molecule has 0 amide bonds. The summed E-state index contributed by atoms with van der Waals surface area (Å²) >= 11 is 0. The fourth-order valence-electron chi connectivity index (χ4n) is 2.83. The summed E-state index contributed by atoms with van der Waals surface area (Å²) < 4.78 is 16.5. The van der Waals surface area contributed by atoms with Crippen LogP contribution < -0.4 is 20.1 Å². The first-order valence-corrected chi connectivity index (χ1v) is 7.13. The van der Waals surface area contributed by atoms with Gasteiger partial charge in [-0.25, -0.2) is 0 Å². The average molecular weight is 280 g/mol. The third kappa shape index (κ3) is 2.35. The molecule has 3 nitrogen and oxygen atoms in total. The molecule has 0 saturated carbocycles. The van der Waals surface area contributed by atoms with Crippen LogP contribution >= 0.6 is 0 Å². The first-order valence-electron chi connectivity index (χ1n) is 7.13. The molecule has 1 aliphatic heterocycles. The fourth-order valence-corrected chi connectivity index (χ4v) is 2.83. The van der Waals surface area contributed by atoms with Crippen LogP contribution in [0.3, 0.4) is 0 Å². The lowest BCUT2D eigenvalue weighted by molar-refractivity contribution is 0.174.